The average molecular weight is 250 g/mol. The molecule has 3 heteroatoms. The molecule has 102 valence electrons. The number of hydrogen-bond donors (Lipinski definition) is 1. The zero-order chi connectivity index (χ0) is 13.4. The Balaban J connectivity index is 2.14. The molecule has 0 amide bonds. The van der Waals surface area contributed by atoms with Crippen LogP contribution in [0.4, 0.5) is 0 Å². The molecule has 0 unspecified atom stereocenters. The normalized spacial score (nSPS) is 11.2. The Morgan fingerprint density at radius 1 is 1.17 bits per heavy atom. The van der Waals surface area contributed by atoms with Crippen LogP contribution in [0.1, 0.15) is 19.4 Å². The zero-order valence-corrected chi connectivity index (χ0v) is 12.1. The molecule has 0 fully saturated rings. The van der Waals surface area contributed by atoms with Gasteiger partial charge in [0.1, 0.15) is 5.75 Å². The Hall–Kier alpha value is -1.06. The molecule has 1 rings (SSSR count). The van der Waals surface area contributed by atoms with E-state index in [2.05, 4.69) is 43.2 Å². The maximum Gasteiger partial charge on any atom is 0.118 e. The summed E-state index contributed by atoms with van der Waals surface area (Å²) in [7, 11) is 3.86. The lowest BCUT2D eigenvalue weighted by molar-refractivity contribution is 0.274. The summed E-state index contributed by atoms with van der Waals surface area (Å²) < 4.78 is 5.14. The van der Waals surface area contributed by atoms with Crippen LogP contribution < -0.4 is 10.1 Å². The van der Waals surface area contributed by atoms with Gasteiger partial charge in [-0.25, -0.2) is 0 Å². The van der Waals surface area contributed by atoms with Crippen LogP contribution >= 0.6 is 0 Å². The van der Waals surface area contributed by atoms with Crippen molar-refractivity contribution in [2.24, 2.45) is 0 Å². The summed E-state index contributed by atoms with van der Waals surface area (Å²) in [5.41, 5.74) is 1.35. The predicted molar refractivity (Wildman–Crippen MR) is 77.3 cm³/mol. The van der Waals surface area contributed by atoms with Gasteiger partial charge >= 0.3 is 0 Å². The molecule has 0 bridgehead atoms. The van der Waals surface area contributed by atoms with E-state index in [1.165, 1.54) is 5.56 Å². The van der Waals surface area contributed by atoms with Crippen molar-refractivity contribution in [3.63, 3.8) is 0 Å². The van der Waals surface area contributed by atoms with Crippen molar-refractivity contribution in [2.75, 3.05) is 33.8 Å². The third-order valence-electron chi connectivity index (χ3n) is 3.27. The van der Waals surface area contributed by atoms with Crippen LogP contribution in [0.2, 0.25) is 0 Å². The minimum absolute atomic E-state index is 0.619. The number of nitrogens with zero attached hydrogens (tertiary/aromatic N) is 1. The topological polar surface area (TPSA) is 24.5 Å². The Kier molecular flexibility index (Phi) is 6.76. The van der Waals surface area contributed by atoms with E-state index in [4.69, 9.17) is 4.74 Å². The third kappa shape index (κ3) is 5.52. The lowest BCUT2D eigenvalue weighted by atomic mass is 10.1. The molecule has 0 saturated carbocycles. The van der Waals surface area contributed by atoms with Crippen LogP contribution in [0.3, 0.4) is 0 Å². The van der Waals surface area contributed by atoms with Gasteiger partial charge in [0.25, 0.3) is 0 Å². The second-order valence-electron chi connectivity index (χ2n) is 4.92. The van der Waals surface area contributed by atoms with Gasteiger partial charge in [0.05, 0.1) is 7.11 Å². The lowest BCUT2D eigenvalue weighted by Gasteiger charge is -2.20. The zero-order valence-electron chi connectivity index (χ0n) is 12.1. The number of benzene rings is 1. The van der Waals surface area contributed by atoms with Gasteiger partial charge in [-0.1, -0.05) is 12.1 Å². The second kappa shape index (κ2) is 8.11. The summed E-state index contributed by atoms with van der Waals surface area (Å²) in [6.07, 6.45) is 1.06. The molecule has 0 radical (unpaired) electrons. The fraction of sp³-hybridized carbons (Fsp3) is 0.600. The Morgan fingerprint density at radius 3 is 2.39 bits per heavy atom. The predicted octanol–water partition coefficient (Wildman–Crippen LogP) is 2.17. The Labute approximate surface area is 111 Å². The average Bonchev–Trinajstić information content (AvgIpc) is 2.38. The molecule has 0 aliphatic carbocycles. The first-order valence-corrected chi connectivity index (χ1v) is 6.67. The molecular weight excluding hydrogens is 224 g/mol. The van der Waals surface area contributed by atoms with E-state index in [0.717, 1.165) is 31.8 Å². The number of likely N-dealkylation sites (N-methyl/N-ethyl adjacent to an activating group) is 1. The fourth-order valence-electron chi connectivity index (χ4n) is 1.66. The van der Waals surface area contributed by atoms with Crippen molar-refractivity contribution < 1.29 is 4.74 Å². The highest BCUT2D eigenvalue weighted by Gasteiger charge is 2.01. The highest BCUT2D eigenvalue weighted by molar-refractivity contribution is 5.27. The molecule has 1 aromatic rings. The highest BCUT2D eigenvalue weighted by atomic mass is 16.5. The summed E-state index contributed by atoms with van der Waals surface area (Å²) in [4.78, 5) is 2.35. The molecule has 1 aromatic carbocycles. The number of ether oxygens (including phenoxy) is 1. The van der Waals surface area contributed by atoms with Crippen LogP contribution in [0.15, 0.2) is 24.3 Å². The van der Waals surface area contributed by atoms with Gasteiger partial charge in [-0.05, 0) is 51.6 Å². The lowest BCUT2D eigenvalue weighted by Crippen LogP contribution is -2.34. The van der Waals surface area contributed by atoms with E-state index in [0.29, 0.717) is 6.04 Å². The second-order valence-corrected chi connectivity index (χ2v) is 4.92. The van der Waals surface area contributed by atoms with Gasteiger partial charge in [-0.2, -0.15) is 0 Å². The van der Waals surface area contributed by atoms with Gasteiger partial charge < -0.3 is 15.0 Å². The molecule has 3 nitrogen and oxygen atoms in total. The minimum atomic E-state index is 0.619. The molecule has 0 heterocycles. The van der Waals surface area contributed by atoms with Crippen LogP contribution in [-0.4, -0.2) is 44.7 Å². The first-order chi connectivity index (χ1) is 8.63. The van der Waals surface area contributed by atoms with Gasteiger partial charge in [0.2, 0.25) is 0 Å². The van der Waals surface area contributed by atoms with Crippen molar-refractivity contribution >= 4 is 0 Å². The van der Waals surface area contributed by atoms with Crippen molar-refractivity contribution in [1.82, 2.24) is 10.2 Å². The van der Waals surface area contributed by atoms with Gasteiger partial charge in [0, 0.05) is 19.1 Å². The van der Waals surface area contributed by atoms with Gasteiger partial charge in [-0.15, -0.1) is 0 Å². The van der Waals surface area contributed by atoms with E-state index < -0.39 is 0 Å². The Morgan fingerprint density at radius 2 is 1.83 bits per heavy atom. The Bertz CT molecular complexity index is 322. The molecule has 0 aliphatic rings. The molecule has 1 N–H and O–H groups in total. The quantitative estimate of drug-likeness (QED) is 0.716. The number of rotatable bonds is 8. The van der Waals surface area contributed by atoms with Crippen LogP contribution in [0.25, 0.3) is 0 Å². The largest absolute Gasteiger partial charge is 0.497 e. The van der Waals surface area contributed by atoms with Crippen LogP contribution in [0, 0.1) is 0 Å². The third-order valence-corrected chi connectivity index (χ3v) is 3.27. The summed E-state index contributed by atoms with van der Waals surface area (Å²) in [6, 6.07) is 8.90. The molecule has 0 saturated heterocycles. The van der Waals surface area contributed by atoms with Crippen molar-refractivity contribution in [2.45, 2.75) is 26.3 Å². The van der Waals surface area contributed by atoms with Gasteiger partial charge in [-0.3, -0.25) is 0 Å². The smallest absolute Gasteiger partial charge is 0.118 e. The van der Waals surface area contributed by atoms with Crippen LogP contribution in [0.5, 0.6) is 5.75 Å². The maximum atomic E-state index is 5.14. The van der Waals surface area contributed by atoms with E-state index in [9.17, 15) is 0 Å². The van der Waals surface area contributed by atoms with Crippen LogP contribution in [-0.2, 0) is 6.42 Å². The van der Waals surface area contributed by atoms with Gasteiger partial charge in [0.15, 0.2) is 0 Å². The summed E-state index contributed by atoms with van der Waals surface area (Å²) in [6.45, 7) is 7.61. The fourth-order valence-corrected chi connectivity index (χ4v) is 1.66. The molecular formula is C15H26N2O. The van der Waals surface area contributed by atoms with E-state index in [-0.39, 0.29) is 0 Å². The summed E-state index contributed by atoms with van der Waals surface area (Å²) in [5, 5.41) is 3.48. The molecule has 0 atom stereocenters. The number of nitrogens with one attached hydrogen (secondary N) is 1. The molecule has 18 heavy (non-hydrogen) atoms. The van der Waals surface area contributed by atoms with E-state index in [1.54, 1.807) is 7.11 Å². The standard InChI is InChI=1S/C15H26N2O/c1-13(2)17(3)12-11-16-10-9-14-5-7-15(18-4)8-6-14/h5-8,13,16H,9-12H2,1-4H3. The maximum absolute atomic E-state index is 5.14. The highest BCUT2D eigenvalue weighted by Crippen LogP contribution is 2.11. The first kappa shape index (κ1) is 15.0. The number of hydrogen-bond acceptors (Lipinski definition) is 3. The van der Waals surface area contributed by atoms with Crippen molar-refractivity contribution in [3.05, 3.63) is 29.8 Å². The first-order valence-electron chi connectivity index (χ1n) is 6.67. The van der Waals surface area contributed by atoms with Crippen molar-refractivity contribution in [3.8, 4) is 5.75 Å². The van der Waals surface area contributed by atoms with Crippen molar-refractivity contribution in [1.29, 1.82) is 0 Å². The van der Waals surface area contributed by atoms with E-state index in [1.807, 2.05) is 12.1 Å². The molecule has 0 aromatic heterocycles. The molecule has 0 spiro atoms. The SMILES string of the molecule is COc1ccc(CCNCCN(C)C(C)C)cc1. The monoisotopic (exact) mass is 250 g/mol. The number of methoxy groups -OCH3 is 1. The summed E-state index contributed by atoms with van der Waals surface area (Å²) >= 11 is 0. The minimum Gasteiger partial charge on any atom is -0.497 e. The van der Waals surface area contributed by atoms with E-state index >= 15 is 0 Å². The molecule has 0 aliphatic heterocycles. The summed E-state index contributed by atoms with van der Waals surface area (Å²) in [5.74, 6) is 0.922.